The summed E-state index contributed by atoms with van der Waals surface area (Å²) in [6.45, 7) is 6.10. The Kier molecular flexibility index (Phi) is 7.69. The van der Waals surface area contributed by atoms with E-state index in [4.69, 9.17) is 19.3 Å². The first kappa shape index (κ1) is 16.5. The van der Waals surface area contributed by atoms with Crippen molar-refractivity contribution < 1.29 is 24.1 Å². The van der Waals surface area contributed by atoms with Gasteiger partial charge in [0.05, 0.1) is 25.9 Å². The number of ether oxygens (including phenoxy) is 3. The minimum absolute atomic E-state index is 0.179. The Bertz CT molecular complexity index is 403. The van der Waals surface area contributed by atoms with Gasteiger partial charge in [-0.15, -0.1) is 0 Å². The monoisotopic (exact) mass is 282 g/mol. The van der Waals surface area contributed by atoms with Gasteiger partial charge in [-0.05, 0) is 26.0 Å². The summed E-state index contributed by atoms with van der Waals surface area (Å²) in [7, 11) is 0. The van der Waals surface area contributed by atoms with Gasteiger partial charge in [0.2, 0.25) is 0 Å². The number of carboxylic acids is 1. The molecular formula is C15H22O5. The second kappa shape index (κ2) is 9.34. The third-order valence-corrected chi connectivity index (χ3v) is 2.49. The second-order valence-corrected chi connectivity index (χ2v) is 4.54. The Morgan fingerprint density at radius 3 is 2.60 bits per heavy atom. The molecule has 0 spiro atoms. The van der Waals surface area contributed by atoms with Crippen LogP contribution in [0.2, 0.25) is 0 Å². The first-order valence-corrected chi connectivity index (χ1v) is 6.75. The standard InChI is InChI=1S/C15H22O5/c1-12(2)19-11-10-18-8-5-9-20-14-7-4-3-6-13(14)15(16)17/h3-4,6-7,12H,5,8-11H2,1-2H3,(H,16,17). The summed E-state index contributed by atoms with van der Waals surface area (Å²) in [4.78, 5) is 11.0. The van der Waals surface area contributed by atoms with Crippen LogP contribution in [0, 0.1) is 0 Å². The number of carbonyl (C=O) groups is 1. The van der Waals surface area contributed by atoms with Gasteiger partial charge in [-0.2, -0.15) is 0 Å². The van der Waals surface area contributed by atoms with Crippen LogP contribution in [0.3, 0.4) is 0 Å². The van der Waals surface area contributed by atoms with E-state index in [0.29, 0.717) is 38.6 Å². The summed E-state index contributed by atoms with van der Waals surface area (Å²) >= 11 is 0. The number of para-hydroxylation sites is 1. The Hall–Kier alpha value is -1.59. The molecule has 0 bridgehead atoms. The van der Waals surface area contributed by atoms with Crippen molar-refractivity contribution in [3.8, 4) is 5.75 Å². The molecule has 0 fully saturated rings. The van der Waals surface area contributed by atoms with Crippen molar-refractivity contribution >= 4 is 5.97 Å². The van der Waals surface area contributed by atoms with Gasteiger partial charge in [-0.3, -0.25) is 0 Å². The molecule has 0 saturated heterocycles. The van der Waals surface area contributed by atoms with Crippen molar-refractivity contribution in [3.05, 3.63) is 29.8 Å². The Labute approximate surface area is 119 Å². The lowest BCUT2D eigenvalue weighted by Gasteiger charge is -2.10. The highest BCUT2D eigenvalue weighted by atomic mass is 16.5. The lowest BCUT2D eigenvalue weighted by atomic mass is 10.2. The van der Waals surface area contributed by atoms with Crippen molar-refractivity contribution in [2.24, 2.45) is 0 Å². The molecule has 0 aliphatic carbocycles. The molecule has 0 aliphatic rings. The van der Waals surface area contributed by atoms with Gasteiger partial charge in [0.25, 0.3) is 0 Å². The van der Waals surface area contributed by atoms with E-state index in [-0.39, 0.29) is 11.7 Å². The van der Waals surface area contributed by atoms with Gasteiger partial charge in [-0.1, -0.05) is 12.1 Å². The molecular weight excluding hydrogens is 260 g/mol. The van der Waals surface area contributed by atoms with Crippen LogP contribution in [0.4, 0.5) is 0 Å². The normalized spacial score (nSPS) is 10.8. The predicted octanol–water partition coefficient (Wildman–Crippen LogP) is 2.60. The average molecular weight is 282 g/mol. The molecule has 1 aromatic rings. The number of benzene rings is 1. The highest BCUT2D eigenvalue weighted by Crippen LogP contribution is 2.17. The summed E-state index contributed by atoms with van der Waals surface area (Å²) in [5, 5.41) is 8.99. The molecule has 0 aromatic heterocycles. The molecule has 0 aliphatic heterocycles. The van der Waals surface area contributed by atoms with Crippen molar-refractivity contribution in [3.63, 3.8) is 0 Å². The van der Waals surface area contributed by atoms with Crippen LogP contribution in [0.1, 0.15) is 30.6 Å². The zero-order valence-corrected chi connectivity index (χ0v) is 12.0. The zero-order chi connectivity index (χ0) is 14.8. The lowest BCUT2D eigenvalue weighted by molar-refractivity contribution is 0.0170. The smallest absolute Gasteiger partial charge is 0.339 e. The van der Waals surface area contributed by atoms with E-state index in [0.717, 1.165) is 0 Å². The second-order valence-electron chi connectivity index (χ2n) is 4.54. The van der Waals surface area contributed by atoms with E-state index in [1.54, 1.807) is 18.2 Å². The van der Waals surface area contributed by atoms with Crippen LogP contribution < -0.4 is 4.74 Å². The molecule has 20 heavy (non-hydrogen) atoms. The Morgan fingerprint density at radius 1 is 1.15 bits per heavy atom. The molecule has 0 atom stereocenters. The first-order valence-electron chi connectivity index (χ1n) is 6.75. The molecule has 1 aromatic carbocycles. The van der Waals surface area contributed by atoms with E-state index in [9.17, 15) is 4.79 Å². The molecule has 5 heteroatoms. The maximum absolute atomic E-state index is 11.0. The molecule has 5 nitrogen and oxygen atoms in total. The number of aromatic carboxylic acids is 1. The quantitative estimate of drug-likeness (QED) is 0.668. The van der Waals surface area contributed by atoms with Crippen LogP contribution in [0.15, 0.2) is 24.3 Å². The number of rotatable bonds is 10. The van der Waals surface area contributed by atoms with Gasteiger partial charge in [0, 0.05) is 13.0 Å². The Morgan fingerprint density at radius 2 is 1.90 bits per heavy atom. The van der Waals surface area contributed by atoms with E-state index >= 15 is 0 Å². The van der Waals surface area contributed by atoms with Crippen molar-refractivity contribution in [1.29, 1.82) is 0 Å². The highest BCUT2D eigenvalue weighted by Gasteiger charge is 2.09. The summed E-state index contributed by atoms with van der Waals surface area (Å²) < 4.78 is 16.2. The third-order valence-electron chi connectivity index (χ3n) is 2.49. The molecule has 0 amide bonds. The predicted molar refractivity (Wildman–Crippen MR) is 75.4 cm³/mol. The SMILES string of the molecule is CC(C)OCCOCCCOc1ccccc1C(=O)O. The van der Waals surface area contributed by atoms with Crippen LogP contribution in [0.25, 0.3) is 0 Å². The van der Waals surface area contributed by atoms with Crippen LogP contribution in [0.5, 0.6) is 5.75 Å². The number of hydrogen-bond acceptors (Lipinski definition) is 4. The maximum atomic E-state index is 11.0. The first-order chi connectivity index (χ1) is 9.61. The van der Waals surface area contributed by atoms with Crippen molar-refractivity contribution in [2.45, 2.75) is 26.4 Å². The molecule has 1 rings (SSSR count). The molecule has 0 radical (unpaired) electrons. The number of hydrogen-bond donors (Lipinski definition) is 1. The summed E-state index contributed by atoms with van der Waals surface area (Å²) in [5.41, 5.74) is 0.179. The largest absolute Gasteiger partial charge is 0.493 e. The molecule has 0 saturated carbocycles. The van der Waals surface area contributed by atoms with Gasteiger partial charge in [-0.25, -0.2) is 4.79 Å². The summed E-state index contributed by atoms with van der Waals surface area (Å²) in [5.74, 6) is -0.592. The van der Waals surface area contributed by atoms with Gasteiger partial charge >= 0.3 is 5.97 Å². The van der Waals surface area contributed by atoms with Gasteiger partial charge in [0.15, 0.2) is 0 Å². The average Bonchev–Trinajstić information content (AvgIpc) is 2.41. The van der Waals surface area contributed by atoms with Crippen LogP contribution >= 0.6 is 0 Å². The van der Waals surface area contributed by atoms with Crippen LogP contribution in [-0.4, -0.2) is 43.6 Å². The molecule has 112 valence electrons. The minimum atomic E-state index is -0.984. The summed E-state index contributed by atoms with van der Waals surface area (Å²) in [6, 6.07) is 6.61. The highest BCUT2D eigenvalue weighted by molar-refractivity contribution is 5.90. The van der Waals surface area contributed by atoms with Gasteiger partial charge < -0.3 is 19.3 Å². The van der Waals surface area contributed by atoms with E-state index in [1.165, 1.54) is 6.07 Å². The van der Waals surface area contributed by atoms with Crippen molar-refractivity contribution in [2.75, 3.05) is 26.4 Å². The maximum Gasteiger partial charge on any atom is 0.339 e. The minimum Gasteiger partial charge on any atom is -0.493 e. The fraction of sp³-hybridized carbons (Fsp3) is 0.533. The molecule has 1 N–H and O–H groups in total. The molecule has 0 unspecified atom stereocenters. The lowest BCUT2D eigenvalue weighted by Crippen LogP contribution is -2.11. The zero-order valence-electron chi connectivity index (χ0n) is 12.0. The fourth-order valence-corrected chi connectivity index (χ4v) is 1.56. The fourth-order valence-electron chi connectivity index (χ4n) is 1.56. The van der Waals surface area contributed by atoms with E-state index < -0.39 is 5.97 Å². The van der Waals surface area contributed by atoms with Gasteiger partial charge in [0.1, 0.15) is 11.3 Å². The van der Waals surface area contributed by atoms with E-state index in [1.807, 2.05) is 13.8 Å². The van der Waals surface area contributed by atoms with E-state index in [2.05, 4.69) is 0 Å². The van der Waals surface area contributed by atoms with Crippen LogP contribution in [-0.2, 0) is 9.47 Å². The van der Waals surface area contributed by atoms with Crippen molar-refractivity contribution in [1.82, 2.24) is 0 Å². The summed E-state index contributed by atoms with van der Waals surface area (Å²) in [6.07, 6.45) is 0.921. The Balaban J connectivity index is 2.14. The third kappa shape index (κ3) is 6.54. The molecule has 0 heterocycles. The number of carboxylic acid groups (broad SMARTS) is 1. The topological polar surface area (TPSA) is 65.0 Å².